The smallest absolute Gasteiger partial charge is 0.255 e. The lowest BCUT2D eigenvalue weighted by molar-refractivity contribution is 0.0725. The number of piperazine rings is 1. The predicted octanol–water partition coefficient (Wildman–Crippen LogP) is 1.99. The second-order valence-corrected chi connectivity index (χ2v) is 8.03. The van der Waals surface area contributed by atoms with E-state index in [1.807, 2.05) is 4.90 Å². The van der Waals surface area contributed by atoms with Gasteiger partial charge < -0.3 is 9.80 Å². The van der Waals surface area contributed by atoms with E-state index in [1.54, 1.807) is 48.1 Å². The lowest BCUT2D eigenvalue weighted by atomic mass is 10.1. The van der Waals surface area contributed by atoms with Gasteiger partial charge >= 0.3 is 0 Å². The van der Waals surface area contributed by atoms with Crippen molar-refractivity contribution in [2.45, 2.75) is 18.5 Å². The van der Waals surface area contributed by atoms with Crippen molar-refractivity contribution in [2.75, 3.05) is 18.0 Å². The number of anilines is 1. The molecule has 152 valence electrons. The van der Waals surface area contributed by atoms with Crippen LogP contribution in [0.5, 0.6) is 0 Å². The molecular weight excluding hydrogens is 404 g/mol. The molecule has 4 heterocycles. The summed E-state index contributed by atoms with van der Waals surface area (Å²) in [7, 11) is 1.72. The van der Waals surface area contributed by atoms with Crippen LogP contribution in [0.2, 0.25) is 5.02 Å². The molecule has 5 rings (SSSR count). The zero-order valence-electron chi connectivity index (χ0n) is 16.3. The largest absolute Gasteiger partial charge is 0.335 e. The SMILES string of the molecule is Cn1c(N2CC3C[C@@H]2CN3C(=O)c2cccc(Cl)c2)nc(-c2ccncn2)cc1=O. The Morgan fingerprint density at radius 3 is 2.70 bits per heavy atom. The molecule has 0 aliphatic carbocycles. The Morgan fingerprint density at radius 2 is 2.00 bits per heavy atom. The number of rotatable bonds is 3. The van der Waals surface area contributed by atoms with E-state index < -0.39 is 0 Å². The number of fused-ring (bicyclic) bond motifs is 2. The number of nitrogens with zero attached hydrogens (tertiary/aromatic N) is 6. The minimum atomic E-state index is -0.150. The molecule has 1 amide bonds. The fraction of sp³-hybridized carbons (Fsp3) is 0.286. The first kappa shape index (κ1) is 18.7. The Hall–Kier alpha value is -3.26. The molecule has 2 bridgehead atoms. The number of hydrogen-bond donors (Lipinski definition) is 0. The minimum absolute atomic E-state index is 0.0127. The molecule has 2 fully saturated rings. The zero-order valence-corrected chi connectivity index (χ0v) is 17.0. The summed E-state index contributed by atoms with van der Waals surface area (Å²) in [6, 6.07) is 10.4. The molecule has 3 aromatic rings. The lowest BCUT2D eigenvalue weighted by Crippen LogP contribution is -2.50. The lowest BCUT2D eigenvalue weighted by Gasteiger charge is -2.35. The highest BCUT2D eigenvalue weighted by Gasteiger charge is 2.46. The molecule has 1 unspecified atom stereocenters. The van der Waals surface area contributed by atoms with Crippen molar-refractivity contribution in [3.63, 3.8) is 0 Å². The number of aromatic nitrogens is 4. The summed E-state index contributed by atoms with van der Waals surface area (Å²) in [6.07, 6.45) is 3.91. The van der Waals surface area contributed by atoms with Crippen LogP contribution in [0.4, 0.5) is 5.95 Å². The second kappa shape index (κ2) is 7.21. The fourth-order valence-electron chi connectivity index (χ4n) is 4.31. The van der Waals surface area contributed by atoms with Crippen LogP contribution in [0.25, 0.3) is 11.4 Å². The normalized spacial score (nSPS) is 20.1. The van der Waals surface area contributed by atoms with E-state index in [2.05, 4.69) is 14.9 Å². The third-order valence-electron chi connectivity index (χ3n) is 5.79. The first-order valence-corrected chi connectivity index (χ1v) is 10.1. The van der Waals surface area contributed by atoms with Crippen LogP contribution in [0.3, 0.4) is 0 Å². The van der Waals surface area contributed by atoms with Gasteiger partial charge in [0, 0.05) is 43.0 Å². The van der Waals surface area contributed by atoms with Crippen LogP contribution >= 0.6 is 11.6 Å². The Bertz CT molecular complexity index is 1180. The molecule has 2 saturated heterocycles. The summed E-state index contributed by atoms with van der Waals surface area (Å²) in [4.78, 5) is 42.4. The molecule has 0 spiro atoms. The summed E-state index contributed by atoms with van der Waals surface area (Å²) in [5.41, 5.74) is 1.57. The van der Waals surface area contributed by atoms with Crippen LogP contribution in [0.15, 0.2) is 53.7 Å². The van der Waals surface area contributed by atoms with Gasteiger partial charge in [-0.05, 0) is 30.7 Å². The van der Waals surface area contributed by atoms with E-state index in [0.717, 1.165) is 6.42 Å². The molecule has 0 saturated carbocycles. The van der Waals surface area contributed by atoms with Gasteiger partial charge in [0.15, 0.2) is 0 Å². The first-order chi connectivity index (χ1) is 14.5. The number of amides is 1. The number of hydrogen-bond acceptors (Lipinski definition) is 6. The fourth-order valence-corrected chi connectivity index (χ4v) is 4.50. The van der Waals surface area contributed by atoms with Crippen LogP contribution in [-0.4, -0.2) is 55.5 Å². The predicted molar refractivity (Wildman–Crippen MR) is 113 cm³/mol. The van der Waals surface area contributed by atoms with Crippen molar-refractivity contribution < 1.29 is 4.79 Å². The monoisotopic (exact) mass is 422 g/mol. The van der Waals surface area contributed by atoms with Crippen molar-refractivity contribution in [1.29, 1.82) is 0 Å². The molecule has 9 heteroatoms. The van der Waals surface area contributed by atoms with E-state index in [9.17, 15) is 9.59 Å². The average molecular weight is 423 g/mol. The Labute approximate surface area is 177 Å². The highest BCUT2D eigenvalue weighted by Crippen LogP contribution is 2.34. The van der Waals surface area contributed by atoms with Crippen LogP contribution in [0.1, 0.15) is 16.8 Å². The number of carbonyl (C=O) groups is 1. The molecule has 2 aliphatic heterocycles. The van der Waals surface area contributed by atoms with E-state index >= 15 is 0 Å². The van der Waals surface area contributed by atoms with E-state index in [4.69, 9.17) is 16.6 Å². The summed E-state index contributed by atoms with van der Waals surface area (Å²) < 4.78 is 1.55. The van der Waals surface area contributed by atoms with Gasteiger partial charge in [0.25, 0.3) is 11.5 Å². The maximum atomic E-state index is 13.0. The molecule has 8 nitrogen and oxygen atoms in total. The zero-order chi connectivity index (χ0) is 20.8. The van der Waals surface area contributed by atoms with Crippen molar-refractivity contribution in [3.8, 4) is 11.4 Å². The maximum Gasteiger partial charge on any atom is 0.255 e. The molecule has 1 aromatic carbocycles. The molecule has 2 aromatic heterocycles. The Kier molecular flexibility index (Phi) is 4.51. The van der Waals surface area contributed by atoms with Crippen LogP contribution < -0.4 is 10.5 Å². The molecule has 0 N–H and O–H groups in total. The van der Waals surface area contributed by atoms with Crippen molar-refractivity contribution in [3.05, 3.63) is 69.9 Å². The van der Waals surface area contributed by atoms with Crippen molar-refractivity contribution in [1.82, 2.24) is 24.4 Å². The number of likely N-dealkylation sites (tertiary alicyclic amines) is 1. The second-order valence-electron chi connectivity index (χ2n) is 7.60. The number of halogens is 1. The van der Waals surface area contributed by atoms with Gasteiger partial charge in [-0.15, -0.1) is 0 Å². The minimum Gasteiger partial charge on any atom is -0.335 e. The highest BCUT2D eigenvalue weighted by molar-refractivity contribution is 6.30. The van der Waals surface area contributed by atoms with Crippen molar-refractivity contribution >= 4 is 23.5 Å². The van der Waals surface area contributed by atoms with Gasteiger partial charge in [0.05, 0.1) is 23.5 Å². The third-order valence-corrected chi connectivity index (χ3v) is 6.02. The quantitative estimate of drug-likeness (QED) is 0.641. The van der Waals surface area contributed by atoms with Crippen LogP contribution in [0, 0.1) is 0 Å². The van der Waals surface area contributed by atoms with Crippen molar-refractivity contribution in [2.24, 2.45) is 7.05 Å². The van der Waals surface area contributed by atoms with Crippen LogP contribution in [-0.2, 0) is 7.05 Å². The molecular formula is C21H19ClN6O2. The van der Waals surface area contributed by atoms with Gasteiger partial charge in [-0.2, -0.15) is 0 Å². The summed E-state index contributed by atoms with van der Waals surface area (Å²) in [5, 5.41) is 0.549. The maximum absolute atomic E-state index is 13.0. The van der Waals surface area contributed by atoms with Gasteiger partial charge in [0.2, 0.25) is 5.95 Å². The van der Waals surface area contributed by atoms with E-state index in [-0.39, 0.29) is 23.6 Å². The Balaban J connectivity index is 1.42. The molecule has 2 atom stereocenters. The summed E-state index contributed by atoms with van der Waals surface area (Å²) in [5.74, 6) is 0.583. The highest BCUT2D eigenvalue weighted by atomic mass is 35.5. The molecule has 30 heavy (non-hydrogen) atoms. The van der Waals surface area contributed by atoms with Gasteiger partial charge in [-0.1, -0.05) is 17.7 Å². The third kappa shape index (κ3) is 3.13. The summed E-state index contributed by atoms with van der Waals surface area (Å²) >= 11 is 6.05. The topological polar surface area (TPSA) is 84.2 Å². The van der Waals surface area contributed by atoms with E-state index in [1.165, 1.54) is 12.4 Å². The van der Waals surface area contributed by atoms with E-state index in [0.29, 0.717) is 41.0 Å². The van der Waals surface area contributed by atoms with Gasteiger partial charge in [-0.3, -0.25) is 14.2 Å². The standard InChI is InChI=1S/C21H19ClN6O2/c1-26-19(29)9-18(17-5-6-23-12-24-17)25-21(26)28-11-15-8-16(28)10-27(15)20(30)13-3-2-4-14(22)7-13/h2-7,9,12,15-16H,8,10-11H2,1H3/t15?,16-/m1/s1. The molecule has 2 aliphatic rings. The summed E-state index contributed by atoms with van der Waals surface area (Å²) in [6.45, 7) is 1.22. The molecule has 0 radical (unpaired) electrons. The average Bonchev–Trinajstić information content (AvgIpc) is 3.36. The number of benzene rings is 1. The first-order valence-electron chi connectivity index (χ1n) is 9.69. The van der Waals surface area contributed by atoms with Gasteiger partial charge in [-0.25, -0.2) is 15.0 Å². The van der Waals surface area contributed by atoms with Gasteiger partial charge in [0.1, 0.15) is 6.33 Å². The number of carbonyl (C=O) groups excluding carboxylic acids is 1. The Morgan fingerprint density at radius 1 is 1.13 bits per heavy atom.